The largest absolute Gasteiger partial charge is 0.251 e. The molecule has 2 nitrogen and oxygen atoms in total. The Labute approximate surface area is 80.5 Å². The van der Waals surface area contributed by atoms with Crippen LogP contribution >= 0.6 is 0 Å². The number of nitrogens with one attached hydrogen (secondary N) is 1. The van der Waals surface area contributed by atoms with E-state index < -0.39 is 0 Å². The fourth-order valence-electron chi connectivity index (χ4n) is 1.16. The van der Waals surface area contributed by atoms with Crippen LogP contribution in [0.2, 0.25) is 0 Å². The second-order valence-corrected chi connectivity index (χ2v) is 3.65. The minimum Gasteiger partial charge on any atom is -0.251 e. The first kappa shape index (κ1) is 10.2. The smallest absolute Gasteiger partial charge is 0.0353 e. The molecular weight excluding hydrogens is 160 g/mol. The number of nitrogens with zero attached hydrogens (tertiary/aromatic N) is 1. The molecule has 0 bridgehead atoms. The molecule has 0 aromatic heterocycles. The first-order valence-corrected chi connectivity index (χ1v) is 4.56. The summed E-state index contributed by atoms with van der Waals surface area (Å²) in [6.07, 6.45) is 0. The molecule has 0 saturated carbocycles. The van der Waals surface area contributed by atoms with E-state index in [2.05, 4.69) is 37.5 Å². The topological polar surface area (TPSA) is 15.3 Å². The number of hydrogen-bond acceptors (Lipinski definition) is 2. The average molecular weight is 178 g/mol. The summed E-state index contributed by atoms with van der Waals surface area (Å²) in [7, 11) is 4.00. The highest BCUT2D eigenvalue weighted by Gasteiger charge is 1.96. The highest BCUT2D eigenvalue weighted by molar-refractivity contribution is 5.29. The molecular formula is C11H18N2. The van der Waals surface area contributed by atoms with E-state index in [9.17, 15) is 0 Å². The summed E-state index contributed by atoms with van der Waals surface area (Å²) in [6, 6.07) is 6.56. The van der Waals surface area contributed by atoms with Gasteiger partial charge in [-0.2, -0.15) is 0 Å². The van der Waals surface area contributed by atoms with E-state index in [0.29, 0.717) is 0 Å². The van der Waals surface area contributed by atoms with Gasteiger partial charge in [0.25, 0.3) is 0 Å². The molecule has 0 saturated heterocycles. The zero-order valence-electron chi connectivity index (χ0n) is 8.89. The number of hydrazine groups is 1. The van der Waals surface area contributed by atoms with Crippen molar-refractivity contribution >= 4 is 0 Å². The summed E-state index contributed by atoms with van der Waals surface area (Å²) in [6.45, 7) is 5.18. The molecule has 0 aliphatic rings. The molecule has 0 heterocycles. The van der Waals surface area contributed by atoms with Crippen LogP contribution in [-0.4, -0.2) is 19.1 Å². The van der Waals surface area contributed by atoms with E-state index >= 15 is 0 Å². The summed E-state index contributed by atoms with van der Waals surface area (Å²) in [5.74, 6) is 0. The van der Waals surface area contributed by atoms with Crippen LogP contribution in [0.4, 0.5) is 0 Å². The molecule has 0 atom stereocenters. The standard InChI is InChI=1S/C11H18N2/c1-9-5-6-11(7-10(9)2)8-12-13(3)4/h5-7,12H,8H2,1-4H3. The summed E-state index contributed by atoms with van der Waals surface area (Å²) in [5, 5.41) is 1.97. The van der Waals surface area contributed by atoms with Crippen molar-refractivity contribution in [2.24, 2.45) is 0 Å². The van der Waals surface area contributed by atoms with Gasteiger partial charge in [-0.25, -0.2) is 0 Å². The molecule has 1 N–H and O–H groups in total. The Hall–Kier alpha value is -0.860. The lowest BCUT2D eigenvalue weighted by Crippen LogP contribution is -2.29. The molecule has 13 heavy (non-hydrogen) atoms. The normalized spacial score (nSPS) is 10.8. The van der Waals surface area contributed by atoms with Crippen LogP contribution in [0.15, 0.2) is 18.2 Å². The minimum absolute atomic E-state index is 0.897. The van der Waals surface area contributed by atoms with Gasteiger partial charge in [0, 0.05) is 20.6 Å². The van der Waals surface area contributed by atoms with E-state index in [1.54, 1.807) is 0 Å². The van der Waals surface area contributed by atoms with Crippen LogP contribution in [0, 0.1) is 13.8 Å². The second-order valence-electron chi connectivity index (χ2n) is 3.65. The van der Waals surface area contributed by atoms with Gasteiger partial charge >= 0.3 is 0 Å². The van der Waals surface area contributed by atoms with Crippen LogP contribution in [0.25, 0.3) is 0 Å². The summed E-state index contributed by atoms with van der Waals surface area (Å²) in [5.41, 5.74) is 7.29. The van der Waals surface area contributed by atoms with Crippen molar-refractivity contribution in [1.82, 2.24) is 10.4 Å². The van der Waals surface area contributed by atoms with Gasteiger partial charge in [0.1, 0.15) is 0 Å². The third-order valence-corrected chi connectivity index (χ3v) is 2.17. The van der Waals surface area contributed by atoms with Crippen LogP contribution in [0.1, 0.15) is 16.7 Å². The van der Waals surface area contributed by atoms with Crippen LogP contribution in [0.3, 0.4) is 0 Å². The quantitative estimate of drug-likeness (QED) is 0.711. The second kappa shape index (κ2) is 4.40. The molecule has 1 aromatic rings. The highest BCUT2D eigenvalue weighted by atomic mass is 15.5. The summed E-state index contributed by atoms with van der Waals surface area (Å²) in [4.78, 5) is 0. The maximum Gasteiger partial charge on any atom is 0.0353 e. The molecule has 1 aromatic carbocycles. The first-order valence-electron chi connectivity index (χ1n) is 4.56. The molecule has 0 radical (unpaired) electrons. The van der Waals surface area contributed by atoms with Gasteiger partial charge in [-0.05, 0) is 30.5 Å². The van der Waals surface area contributed by atoms with Crippen molar-refractivity contribution < 1.29 is 0 Å². The number of aryl methyl sites for hydroxylation is 2. The van der Waals surface area contributed by atoms with Gasteiger partial charge in [-0.15, -0.1) is 0 Å². The molecule has 72 valence electrons. The average Bonchev–Trinajstić information content (AvgIpc) is 2.07. The van der Waals surface area contributed by atoms with Gasteiger partial charge in [0.15, 0.2) is 0 Å². The zero-order chi connectivity index (χ0) is 9.84. The van der Waals surface area contributed by atoms with Crippen molar-refractivity contribution in [2.45, 2.75) is 20.4 Å². The fraction of sp³-hybridized carbons (Fsp3) is 0.455. The number of benzene rings is 1. The minimum atomic E-state index is 0.897. The lowest BCUT2D eigenvalue weighted by atomic mass is 10.1. The Balaban J connectivity index is 2.63. The predicted molar refractivity (Wildman–Crippen MR) is 56.4 cm³/mol. The Morgan fingerprint density at radius 1 is 1.15 bits per heavy atom. The maximum atomic E-state index is 3.24. The molecule has 0 fully saturated rings. The van der Waals surface area contributed by atoms with Crippen molar-refractivity contribution in [2.75, 3.05) is 14.1 Å². The van der Waals surface area contributed by atoms with Crippen molar-refractivity contribution in [3.05, 3.63) is 34.9 Å². The summed E-state index contributed by atoms with van der Waals surface area (Å²) >= 11 is 0. The molecule has 0 spiro atoms. The van der Waals surface area contributed by atoms with Crippen LogP contribution < -0.4 is 5.43 Å². The molecule has 0 amide bonds. The predicted octanol–water partition coefficient (Wildman–Crippen LogP) is 1.87. The monoisotopic (exact) mass is 178 g/mol. The molecule has 2 heteroatoms. The van der Waals surface area contributed by atoms with Gasteiger partial charge < -0.3 is 0 Å². The van der Waals surface area contributed by atoms with Gasteiger partial charge in [0.05, 0.1) is 0 Å². The molecule has 1 rings (SSSR count). The van der Waals surface area contributed by atoms with E-state index in [1.807, 2.05) is 19.1 Å². The third kappa shape index (κ3) is 3.17. The number of rotatable bonds is 3. The Morgan fingerprint density at radius 3 is 2.38 bits per heavy atom. The number of hydrogen-bond donors (Lipinski definition) is 1. The molecule has 0 aliphatic heterocycles. The van der Waals surface area contributed by atoms with Crippen LogP contribution in [0.5, 0.6) is 0 Å². The highest BCUT2D eigenvalue weighted by Crippen LogP contribution is 2.09. The van der Waals surface area contributed by atoms with Crippen molar-refractivity contribution in [3.63, 3.8) is 0 Å². The maximum absolute atomic E-state index is 3.24. The molecule has 0 aliphatic carbocycles. The summed E-state index contributed by atoms with van der Waals surface area (Å²) < 4.78 is 0. The van der Waals surface area contributed by atoms with Gasteiger partial charge in [-0.1, -0.05) is 18.2 Å². The van der Waals surface area contributed by atoms with Crippen LogP contribution in [-0.2, 0) is 6.54 Å². The van der Waals surface area contributed by atoms with Crippen molar-refractivity contribution in [3.8, 4) is 0 Å². The Morgan fingerprint density at radius 2 is 1.85 bits per heavy atom. The molecule has 0 unspecified atom stereocenters. The van der Waals surface area contributed by atoms with E-state index in [1.165, 1.54) is 16.7 Å². The van der Waals surface area contributed by atoms with Gasteiger partial charge in [0.2, 0.25) is 0 Å². The zero-order valence-corrected chi connectivity index (χ0v) is 8.89. The first-order chi connectivity index (χ1) is 6.09. The lowest BCUT2D eigenvalue weighted by molar-refractivity contribution is 0.286. The fourth-order valence-corrected chi connectivity index (χ4v) is 1.16. The van der Waals surface area contributed by atoms with E-state index in [4.69, 9.17) is 0 Å². The SMILES string of the molecule is Cc1ccc(CNN(C)C)cc1C. The van der Waals surface area contributed by atoms with E-state index in [-0.39, 0.29) is 0 Å². The van der Waals surface area contributed by atoms with E-state index in [0.717, 1.165) is 6.54 Å². The Bertz CT molecular complexity index is 279. The van der Waals surface area contributed by atoms with Crippen molar-refractivity contribution in [1.29, 1.82) is 0 Å². The third-order valence-electron chi connectivity index (χ3n) is 2.17. The van der Waals surface area contributed by atoms with Gasteiger partial charge in [-0.3, -0.25) is 10.4 Å². The lowest BCUT2D eigenvalue weighted by Gasteiger charge is -2.12. The Kier molecular flexibility index (Phi) is 3.46.